The molecule has 0 spiro atoms. The summed E-state index contributed by atoms with van der Waals surface area (Å²) in [5, 5.41) is 5.29. The summed E-state index contributed by atoms with van der Waals surface area (Å²) in [6, 6.07) is 30.8. The maximum atomic E-state index is 2.36. The highest BCUT2D eigenvalue weighted by Gasteiger charge is 2.12. The number of hydrogen-bond donors (Lipinski definition) is 0. The number of hydrogen-bond acceptors (Lipinski definition) is 0. The first kappa shape index (κ1) is 11.8. The Morgan fingerprint density at radius 2 is 0.909 bits per heavy atom. The van der Waals surface area contributed by atoms with Crippen LogP contribution in [0.3, 0.4) is 0 Å². The molecule has 0 aromatic heterocycles. The highest BCUT2D eigenvalue weighted by Crippen LogP contribution is 2.39. The first-order valence-corrected chi connectivity index (χ1v) is 7.63. The highest BCUT2D eigenvalue weighted by atomic mass is 14.2. The largest absolute Gasteiger partial charge is 0.0616 e. The van der Waals surface area contributed by atoms with Crippen molar-refractivity contribution in [3.63, 3.8) is 0 Å². The Labute approximate surface area is 129 Å². The van der Waals surface area contributed by atoms with Crippen molar-refractivity contribution >= 4 is 21.5 Å². The molecule has 0 bridgehead atoms. The van der Waals surface area contributed by atoms with Gasteiger partial charge in [0, 0.05) is 0 Å². The summed E-state index contributed by atoms with van der Waals surface area (Å²) >= 11 is 0. The number of fused-ring (bicyclic) bond motifs is 6. The zero-order chi connectivity index (χ0) is 14.5. The molecule has 2 aromatic carbocycles. The van der Waals surface area contributed by atoms with E-state index in [4.69, 9.17) is 0 Å². The Kier molecular flexibility index (Phi) is 2.31. The van der Waals surface area contributed by atoms with Crippen molar-refractivity contribution in [2.75, 3.05) is 0 Å². The number of rotatable bonds is 0. The first-order chi connectivity index (χ1) is 10.9. The molecule has 5 rings (SSSR count). The third kappa shape index (κ3) is 1.58. The molecule has 0 nitrogen and oxygen atoms in total. The van der Waals surface area contributed by atoms with Gasteiger partial charge in [-0.15, -0.1) is 0 Å². The van der Waals surface area contributed by atoms with Gasteiger partial charge in [0.15, 0.2) is 0 Å². The molecule has 0 heteroatoms. The lowest BCUT2D eigenvalue weighted by Gasteiger charge is -2.02. The van der Waals surface area contributed by atoms with Crippen molar-refractivity contribution < 1.29 is 0 Å². The molecule has 0 N–H and O–H groups in total. The van der Waals surface area contributed by atoms with E-state index in [1.807, 2.05) is 0 Å². The van der Waals surface area contributed by atoms with Crippen LogP contribution < -0.4 is 0 Å². The second kappa shape index (κ2) is 4.32. The van der Waals surface area contributed by atoms with E-state index >= 15 is 0 Å². The summed E-state index contributed by atoms with van der Waals surface area (Å²) in [6.45, 7) is 0. The Morgan fingerprint density at radius 3 is 1.45 bits per heavy atom. The SMILES string of the molecule is c1cc2cc3ccccc3c-2cc2c3ccccc3cc-2c1. The molecule has 102 valence electrons. The van der Waals surface area contributed by atoms with E-state index in [2.05, 4.69) is 84.9 Å². The first-order valence-electron chi connectivity index (χ1n) is 7.63. The Hall–Kier alpha value is -2.86. The molecule has 0 saturated carbocycles. The Bertz CT molecular complexity index is 988. The smallest absolute Gasteiger partial charge is 0.00988 e. The molecular weight excluding hydrogens is 264 g/mol. The van der Waals surface area contributed by atoms with Crippen molar-refractivity contribution in [1.29, 1.82) is 0 Å². The van der Waals surface area contributed by atoms with Crippen molar-refractivity contribution in [3.05, 3.63) is 84.9 Å². The molecule has 0 heterocycles. The Morgan fingerprint density at radius 1 is 0.409 bits per heavy atom. The Balaban J connectivity index is 1.99. The molecule has 3 aliphatic rings. The van der Waals surface area contributed by atoms with Crippen LogP contribution in [-0.2, 0) is 0 Å². The van der Waals surface area contributed by atoms with Gasteiger partial charge in [0.05, 0.1) is 0 Å². The second-order valence-corrected chi connectivity index (χ2v) is 5.87. The molecular formula is C22H14. The van der Waals surface area contributed by atoms with Crippen LogP contribution in [0, 0.1) is 0 Å². The minimum atomic E-state index is 1.30. The van der Waals surface area contributed by atoms with Crippen LogP contribution in [0.5, 0.6) is 0 Å². The van der Waals surface area contributed by atoms with E-state index in [1.54, 1.807) is 0 Å². The molecule has 0 atom stereocenters. The highest BCUT2D eigenvalue weighted by molar-refractivity contribution is 6.07. The molecule has 0 amide bonds. The average Bonchev–Trinajstić information content (AvgIpc) is 3.05. The number of benzene rings is 2. The fourth-order valence-corrected chi connectivity index (χ4v) is 3.54. The average molecular weight is 278 g/mol. The van der Waals surface area contributed by atoms with E-state index in [-0.39, 0.29) is 0 Å². The summed E-state index contributed by atoms with van der Waals surface area (Å²) in [4.78, 5) is 0. The summed E-state index contributed by atoms with van der Waals surface area (Å²) in [5.41, 5.74) is 5.26. The molecule has 0 saturated heterocycles. The quantitative estimate of drug-likeness (QED) is 0.316. The molecule has 22 heavy (non-hydrogen) atoms. The molecule has 0 fully saturated rings. The van der Waals surface area contributed by atoms with Gasteiger partial charge in [-0.3, -0.25) is 0 Å². The van der Waals surface area contributed by atoms with Crippen LogP contribution in [0.2, 0.25) is 0 Å². The normalized spacial score (nSPS) is 11.6. The fraction of sp³-hybridized carbons (Fsp3) is 0. The van der Waals surface area contributed by atoms with Crippen LogP contribution in [0.4, 0.5) is 0 Å². The van der Waals surface area contributed by atoms with Crippen LogP contribution in [0.25, 0.3) is 43.8 Å². The van der Waals surface area contributed by atoms with Gasteiger partial charge in [0.2, 0.25) is 0 Å². The van der Waals surface area contributed by atoms with Crippen LogP contribution in [0.1, 0.15) is 0 Å². The molecule has 0 radical (unpaired) electrons. The topological polar surface area (TPSA) is 0 Å². The van der Waals surface area contributed by atoms with Gasteiger partial charge in [-0.25, -0.2) is 0 Å². The third-order valence-corrected chi connectivity index (χ3v) is 4.59. The standard InChI is InChI=1S/C22H14/c1-3-10-19-15(6-1)12-17-8-5-9-18-13-16-7-2-4-11-20(16)22(18)14-21(17)19/h1-14H. The lowest BCUT2D eigenvalue weighted by molar-refractivity contribution is 1.72. The van der Waals surface area contributed by atoms with Crippen molar-refractivity contribution in [1.82, 2.24) is 0 Å². The van der Waals surface area contributed by atoms with E-state index in [0.717, 1.165) is 0 Å². The van der Waals surface area contributed by atoms with E-state index in [0.29, 0.717) is 0 Å². The van der Waals surface area contributed by atoms with Crippen molar-refractivity contribution in [2.24, 2.45) is 0 Å². The van der Waals surface area contributed by atoms with Gasteiger partial charge in [-0.2, -0.15) is 0 Å². The maximum absolute atomic E-state index is 2.36. The van der Waals surface area contributed by atoms with Crippen molar-refractivity contribution in [3.8, 4) is 22.3 Å². The van der Waals surface area contributed by atoms with Gasteiger partial charge in [0.1, 0.15) is 0 Å². The molecule has 0 aliphatic heterocycles. The van der Waals surface area contributed by atoms with Crippen molar-refractivity contribution in [2.45, 2.75) is 0 Å². The minimum absolute atomic E-state index is 1.30. The minimum Gasteiger partial charge on any atom is -0.0616 e. The van der Waals surface area contributed by atoms with Gasteiger partial charge in [-0.05, 0) is 62.0 Å². The van der Waals surface area contributed by atoms with E-state index < -0.39 is 0 Å². The predicted molar refractivity (Wildman–Crippen MR) is 94.7 cm³/mol. The van der Waals surface area contributed by atoms with Crippen LogP contribution >= 0.6 is 0 Å². The summed E-state index contributed by atoms with van der Waals surface area (Å²) < 4.78 is 0. The zero-order valence-electron chi connectivity index (χ0n) is 12.1. The lowest BCUT2D eigenvalue weighted by Crippen LogP contribution is -1.75. The van der Waals surface area contributed by atoms with Gasteiger partial charge in [0.25, 0.3) is 0 Å². The third-order valence-electron chi connectivity index (χ3n) is 4.59. The van der Waals surface area contributed by atoms with E-state index in [9.17, 15) is 0 Å². The monoisotopic (exact) mass is 278 g/mol. The molecule has 3 aliphatic carbocycles. The summed E-state index contributed by atoms with van der Waals surface area (Å²) in [7, 11) is 0. The van der Waals surface area contributed by atoms with Gasteiger partial charge in [-0.1, -0.05) is 66.7 Å². The summed E-state index contributed by atoms with van der Waals surface area (Å²) in [6.07, 6.45) is 0. The molecule has 2 aromatic rings. The van der Waals surface area contributed by atoms with E-state index in [1.165, 1.54) is 43.8 Å². The zero-order valence-corrected chi connectivity index (χ0v) is 12.1. The van der Waals surface area contributed by atoms with Crippen LogP contribution in [0.15, 0.2) is 84.9 Å². The van der Waals surface area contributed by atoms with Crippen LogP contribution in [-0.4, -0.2) is 0 Å². The summed E-state index contributed by atoms with van der Waals surface area (Å²) in [5.74, 6) is 0. The van der Waals surface area contributed by atoms with Gasteiger partial charge >= 0.3 is 0 Å². The lowest BCUT2D eigenvalue weighted by atomic mass is 10.0. The second-order valence-electron chi connectivity index (χ2n) is 5.87. The van der Waals surface area contributed by atoms with Gasteiger partial charge < -0.3 is 0 Å². The molecule has 0 unspecified atom stereocenters. The fourth-order valence-electron chi connectivity index (χ4n) is 3.54. The maximum Gasteiger partial charge on any atom is -0.00988 e. The predicted octanol–water partition coefficient (Wildman–Crippen LogP) is 6.20.